The summed E-state index contributed by atoms with van der Waals surface area (Å²) in [5.41, 5.74) is -1.33. The molecule has 0 heterocycles. The summed E-state index contributed by atoms with van der Waals surface area (Å²) < 4.78 is 6.89. The Morgan fingerprint density at radius 3 is 1.68 bits per heavy atom. The Hall–Kier alpha value is -1.50. The molecular formula is C26H40O4Si. The van der Waals surface area contributed by atoms with Crippen LogP contribution in [0.1, 0.15) is 54.4 Å². The van der Waals surface area contributed by atoms with Crippen molar-refractivity contribution in [2.75, 3.05) is 6.61 Å². The first-order valence-corrected chi connectivity index (χ1v) is 13.1. The minimum absolute atomic E-state index is 0.0738. The first-order valence-electron chi connectivity index (χ1n) is 11.2. The molecule has 0 saturated heterocycles. The molecule has 2 aromatic carbocycles. The van der Waals surface area contributed by atoms with E-state index in [9.17, 15) is 15.3 Å². The van der Waals surface area contributed by atoms with Crippen molar-refractivity contribution in [2.45, 2.75) is 77.2 Å². The molecule has 0 aliphatic heterocycles. The van der Waals surface area contributed by atoms with Gasteiger partial charge in [-0.2, -0.15) is 0 Å². The SMILES string of the molecule is C[C@H](CCO[Si](c1ccccc1)(c1ccccc1)C(C)(C)C)C[C@H](O)[C@@H](O)C(C)(C)O. The number of rotatable bonds is 10. The Bertz CT molecular complexity index is 741. The Kier molecular flexibility index (Phi) is 8.65. The zero-order valence-corrected chi connectivity index (χ0v) is 20.9. The van der Waals surface area contributed by atoms with Gasteiger partial charge in [0.05, 0.1) is 11.7 Å². The second-order valence-electron chi connectivity index (χ2n) is 10.3. The highest BCUT2D eigenvalue weighted by molar-refractivity contribution is 6.99. The molecule has 3 atom stereocenters. The second-order valence-corrected chi connectivity index (χ2v) is 14.6. The van der Waals surface area contributed by atoms with Crippen molar-refractivity contribution in [3.05, 3.63) is 60.7 Å². The largest absolute Gasteiger partial charge is 0.407 e. The van der Waals surface area contributed by atoms with E-state index in [1.165, 1.54) is 24.2 Å². The zero-order chi connectivity index (χ0) is 23.3. The highest BCUT2D eigenvalue weighted by Crippen LogP contribution is 2.37. The van der Waals surface area contributed by atoms with Crippen LogP contribution < -0.4 is 10.4 Å². The van der Waals surface area contributed by atoms with Crippen LogP contribution in [0.2, 0.25) is 5.04 Å². The van der Waals surface area contributed by atoms with Gasteiger partial charge >= 0.3 is 0 Å². The lowest BCUT2D eigenvalue weighted by Gasteiger charge is -2.43. The molecule has 0 aromatic heterocycles. The van der Waals surface area contributed by atoms with E-state index in [0.717, 1.165) is 6.42 Å². The summed E-state index contributed by atoms with van der Waals surface area (Å²) in [6.07, 6.45) is -0.967. The molecule has 0 fully saturated rings. The summed E-state index contributed by atoms with van der Waals surface area (Å²) in [7, 11) is -2.56. The van der Waals surface area contributed by atoms with Crippen LogP contribution in [0.15, 0.2) is 60.7 Å². The molecule has 0 spiro atoms. The zero-order valence-electron chi connectivity index (χ0n) is 19.9. The number of benzene rings is 2. The standard InChI is InChI=1S/C26H40O4Si/c1-20(19-23(27)24(28)26(5,6)29)17-18-30-31(25(2,3)4,21-13-9-7-10-14-21)22-15-11-8-12-16-22/h7-16,20,23-24,27-29H,17-19H2,1-6H3/t20-,23+,24-/m1/s1. The highest BCUT2D eigenvalue weighted by atomic mass is 28.4. The molecule has 0 bridgehead atoms. The third-order valence-corrected chi connectivity index (χ3v) is 11.1. The van der Waals surface area contributed by atoms with Crippen molar-refractivity contribution in [1.29, 1.82) is 0 Å². The lowest BCUT2D eigenvalue weighted by atomic mass is 9.90. The average Bonchev–Trinajstić information content (AvgIpc) is 2.70. The van der Waals surface area contributed by atoms with Crippen molar-refractivity contribution >= 4 is 18.7 Å². The summed E-state index contributed by atoms with van der Waals surface area (Å²) in [4.78, 5) is 0. The molecule has 172 valence electrons. The van der Waals surface area contributed by atoms with Crippen LogP contribution in [0.3, 0.4) is 0 Å². The normalized spacial score (nSPS) is 16.0. The summed E-state index contributed by atoms with van der Waals surface area (Å²) in [6.45, 7) is 12.4. The fraction of sp³-hybridized carbons (Fsp3) is 0.538. The molecule has 2 aromatic rings. The van der Waals surface area contributed by atoms with Gasteiger partial charge in [-0.25, -0.2) is 0 Å². The van der Waals surface area contributed by atoms with Gasteiger partial charge in [-0.05, 0) is 48.0 Å². The molecule has 31 heavy (non-hydrogen) atoms. The Morgan fingerprint density at radius 1 is 0.839 bits per heavy atom. The van der Waals surface area contributed by atoms with Gasteiger partial charge < -0.3 is 19.7 Å². The van der Waals surface area contributed by atoms with Crippen molar-refractivity contribution in [1.82, 2.24) is 0 Å². The van der Waals surface area contributed by atoms with Gasteiger partial charge in [0, 0.05) is 6.61 Å². The van der Waals surface area contributed by atoms with Crippen molar-refractivity contribution in [3.8, 4) is 0 Å². The molecule has 2 rings (SSSR count). The second kappa shape index (κ2) is 10.4. The molecule has 0 saturated carbocycles. The molecule has 5 heteroatoms. The van der Waals surface area contributed by atoms with Crippen molar-refractivity contribution < 1.29 is 19.7 Å². The van der Waals surface area contributed by atoms with E-state index in [1.807, 2.05) is 12.1 Å². The molecule has 0 radical (unpaired) electrons. The summed E-state index contributed by atoms with van der Waals surface area (Å²) in [5.74, 6) is 0.144. The summed E-state index contributed by atoms with van der Waals surface area (Å²) in [5, 5.41) is 32.9. The Balaban J connectivity index is 2.22. The van der Waals surface area contributed by atoms with Gasteiger partial charge in [0.25, 0.3) is 8.32 Å². The van der Waals surface area contributed by atoms with Gasteiger partial charge in [0.1, 0.15) is 6.10 Å². The summed E-state index contributed by atoms with van der Waals surface area (Å²) in [6, 6.07) is 21.1. The quantitative estimate of drug-likeness (QED) is 0.491. The Labute approximate surface area is 189 Å². The van der Waals surface area contributed by atoms with E-state index in [1.54, 1.807) is 0 Å². The molecule has 0 amide bonds. The molecule has 3 N–H and O–H groups in total. The predicted octanol–water partition coefficient (Wildman–Crippen LogP) is 3.47. The first kappa shape index (κ1) is 25.8. The minimum Gasteiger partial charge on any atom is -0.407 e. The third kappa shape index (κ3) is 6.27. The van der Waals surface area contributed by atoms with Gasteiger partial charge in [0.2, 0.25) is 0 Å². The molecule has 0 aliphatic carbocycles. The van der Waals surface area contributed by atoms with Crippen LogP contribution in [0, 0.1) is 5.92 Å². The number of hydrogen-bond acceptors (Lipinski definition) is 4. The minimum atomic E-state index is -2.56. The van der Waals surface area contributed by atoms with Crippen LogP contribution in [-0.2, 0) is 4.43 Å². The van der Waals surface area contributed by atoms with Crippen LogP contribution >= 0.6 is 0 Å². The molecule has 0 unspecified atom stereocenters. The van der Waals surface area contributed by atoms with E-state index in [4.69, 9.17) is 4.43 Å². The van der Waals surface area contributed by atoms with Gasteiger partial charge in [-0.15, -0.1) is 0 Å². The third-order valence-electron chi connectivity index (χ3n) is 6.08. The van der Waals surface area contributed by atoms with Crippen LogP contribution in [0.4, 0.5) is 0 Å². The fourth-order valence-corrected chi connectivity index (χ4v) is 8.88. The van der Waals surface area contributed by atoms with Gasteiger partial charge in [0.15, 0.2) is 0 Å². The lowest BCUT2D eigenvalue weighted by molar-refractivity contribution is -0.111. The lowest BCUT2D eigenvalue weighted by Crippen LogP contribution is -2.66. The number of aliphatic hydroxyl groups excluding tert-OH is 2. The fourth-order valence-electron chi connectivity index (χ4n) is 4.30. The smallest absolute Gasteiger partial charge is 0.261 e. The van der Waals surface area contributed by atoms with Crippen LogP contribution in [0.25, 0.3) is 0 Å². The van der Waals surface area contributed by atoms with E-state index < -0.39 is 26.1 Å². The maximum atomic E-state index is 10.3. The number of aliphatic hydroxyl groups is 3. The topological polar surface area (TPSA) is 69.9 Å². The first-order chi connectivity index (χ1) is 14.4. The Morgan fingerprint density at radius 2 is 1.29 bits per heavy atom. The van der Waals surface area contributed by atoms with E-state index in [0.29, 0.717) is 13.0 Å². The van der Waals surface area contributed by atoms with Gasteiger partial charge in [-0.3, -0.25) is 0 Å². The summed E-state index contributed by atoms with van der Waals surface area (Å²) >= 11 is 0. The number of hydrogen-bond donors (Lipinski definition) is 3. The maximum absolute atomic E-state index is 10.3. The van der Waals surface area contributed by atoms with Crippen LogP contribution in [-0.4, -0.2) is 48.1 Å². The van der Waals surface area contributed by atoms with Gasteiger partial charge in [-0.1, -0.05) is 88.4 Å². The van der Waals surface area contributed by atoms with Crippen molar-refractivity contribution in [3.63, 3.8) is 0 Å². The predicted molar refractivity (Wildman–Crippen MR) is 130 cm³/mol. The average molecular weight is 445 g/mol. The highest BCUT2D eigenvalue weighted by Gasteiger charge is 2.50. The maximum Gasteiger partial charge on any atom is 0.261 e. The molecule has 0 aliphatic rings. The van der Waals surface area contributed by atoms with Crippen molar-refractivity contribution in [2.24, 2.45) is 5.92 Å². The molecule has 4 nitrogen and oxygen atoms in total. The van der Waals surface area contributed by atoms with E-state index in [2.05, 4.69) is 76.2 Å². The van der Waals surface area contributed by atoms with Crippen LogP contribution in [0.5, 0.6) is 0 Å². The monoisotopic (exact) mass is 444 g/mol. The van der Waals surface area contributed by atoms with E-state index in [-0.39, 0.29) is 11.0 Å². The van der Waals surface area contributed by atoms with E-state index >= 15 is 0 Å². The molecular weight excluding hydrogens is 404 g/mol.